The van der Waals surface area contributed by atoms with E-state index >= 15 is 0 Å². The lowest BCUT2D eigenvalue weighted by Crippen LogP contribution is -2.11. The van der Waals surface area contributed by atoms with Gasteiger partial charge in [0.2, 0.25) is 5.95 Å². The maximum absolute atomic E-state index is 6.10. The molecule has 0 saturated carbocycles. The van der Waals surface area contributed by atoms with Gasteiger partial charge in [-0.05, 0) is 44.5 Å². The first-order chi connectivity index (χ1) is 9.56. The Balaban J connectivity index is 2.01. The van der Waals surface area contributed by atoms with Crippen molar-refractivity contribution >= 4 is 28.4 Å². The number of hydrogen-bond acceptors (Lipinski definition) is 4. The normalized spacial score (nSPS) is 12.9. The van der Waals surface area contributed by atoms with Crippen molar-refractivity contribution in [2.24, 2.45) is 0 Å². The van der Waals surface area contributed by atoms with E-state index in [-0.39, 0.29) is 6.04 Å². The molecule has 0 bridgehead atoms. The first-order valence-electron chi connectivity index (χ1n) is 6.70. The molecule has 3 aromatic heterocycles. The predicted molar refractivity (Wildman–Crippen MR) is 84.1 cm³/mol. The van der Waals surface area contributed by atoms with Gasteiger partial charge >= 0.3 is 0 Å². The van der Waals surface area contributed by atoms with Crippen molar-refractivity contribution in [3.63, 3.8) is 0 Å². The van der Waals surface area contributed by atoms with E-state index in [2.05, 4.69) is 35.9 Å². The summed E-state index contributed by atoms with van der Waals surface area (Å²) in [6, 6.07) is 6.55. The van der Waals surface area contributed by atoms with Crippen LogP contribution in [0.3, 0.4) is 0 Å². The highest BCUT2D eigenvalue weighted by molar-refractivity contribution is 7.11. The molecule has 0 aliphatic heterocycles. The molecule has 0 aromatic carbocycles. The maximum atomic E-state index is 6.10. The molecule has 0 saturated heterocycles. The number of imidazole rings is 1. The van der Waals surface area contributed by atoms with Crippen molar-refractivity contribution in [2.45, 2.75) is 33.2 Å². The van der Waals surface area contributed by atoms with Crippen LogP contribution in [0.15, 0.2) is 24.4 Å². The first-order valence-corrected chi connectivity index (χ1v) is 7.52. The lowest BCUT2D eigenvalue weighted by Gasteiger charge is -2.14. The molecule has 20 heavy (non-hydrogen) atoms. The average Bonchev–Trinajstić information content (AvgIpc) is 2.93. The van der Waals surface area contributed by atoms with Crippen molar-refractivity contribution in [1.29, 1.82) is 0 Å². The van der Waals surface area contributed by atoms with E-state index in [1.165, 1.54) is 9.75 Å². The summed E-state index contributed by atoms with van der Waals surface area (Å²) in [4.78, 5) is 11.6. The highest BCUT2D eigenvalue weighted by Crippen LogP contribution is 2.27. The summed E-state index contributed by atoms with van der Waals surface area (Å²) in [5.41, 5.74) is 8.99. The van der Waals surface area contributed by atoms with Crippen LogP contribution in [-0.2, 0) is 6.42 Å². The predicted octanol–water partition coefficient (Wildman–Crippen LogP) is 3.50. The number of rotatable bonds is 3. The SMILES string of the molecule is Cc1ccc(CC(C)n2c(N)nc3c(C)ccnc32)s1. The van der Waals surface area contributed by atoms with E-state index in [0.29, 0.717) is 5.95 Å². The van der Waals surface area contributed by atoms with Crippen molar-refractivity contribution in [2.75, 3.05) is 5.73 Å². The lowest BCUT2D eigenvalue weighted by molar-refractivity contribution is 0.567. The molecule has 3 aromatic rings. The van der Waals surface area contributed by atoms with Crippen LogP contribution >= 0.6 is 11.3 Å². The van der Waals surface area contributed by atoms with Gasteiger partial charge in [0.05, 0.1) is 0 Å². The molecule has 0 spiro atoms. The molecule has 1 unspecified atom stereocenters. The minimum absolute atomic E-state index is 0.243. The summed E-state index contributed by atoms with van der Waals surface area (Å²) in [5, 5.41) is 0. The quantitative estimate of drug-likeness (QED) is 0.801. The zero-order valence-corrected chi connectivity index (χ0v) is 12.7. The largest absolute Gasteiger partial charge is 0.369 e. The fourth-order valence-corrected chi connectivity index (χ4v) is 3.55. The zero-order valence-electron chi connectivity index (χ0n) is 11.9. The number of aromatic nitrogens is 3. The van der Waals surface area contributed by atoms with Crippen molar-refractivity contribution < 1.29 is 0 Å². The fourth-order valence-electron chi connectivity index (χ4n) is 2.54. The number of nitrogens with zero attached hydrogens (tertiary/aromatic N) is 3. The Labute approximate surface area is 122 Å². The zero-order chi connectivity index (χ0) is 14.3. The molecule has 2 N–H and O–H groups in total. The molecule has 0 amide bonds. The number of anilines is 1. The number of fused-ring (bicyclic) bond motifs is 1. The number of hydrogen-bond donors (Lipinski definition) is 1. The van der Waals surface area contributed by atoms with Gasteiger partial charge in [0, 0.05) is 28.4 Å². The van der Waals surface area contributed by atoms with Crippen LogP contribution in [0, 0.1) is 13.8 Å². The van der Waals surface area contributed by atoms with E-state index in [1.807, 2.05) is 35.1 Å². The number of thiophene rings is 1. The minimum atomic E-state index is 0.243. The summed E-state index contributed by atoms with van der Waals surface area (Å²) >= 11 is 1.83. The summed E-state index contributed by atoms with van der Waals surface area (Å²) in [6.45, 7) is 6.33. The molecule has 3 rings (SSSR count). The lowest BCUT2D eigenvalue weighted by atomic mass is 10.2. The molecule has 3 heterocycles. The molecule has 0 aliphatic carbocycles. The Bertz CT molecular complexity index is 756. The van der Waals surface area contributed by atoms with Gasteiger partial charge in [-0.2, -0.15) is 0 Å². The molecule has 1 atom stereocenters. The standard InChI is InChI=1S/C15H18N4S/c1-9-6-7-17-14-13(9)18-15(16)19(14)10(2)8-12-5-4-11(3)20-12/h4-7,10H,8H2,1-3H3,(H2,16,18). The van der Waals surface area contributed by atoms with Crippen LogP contribution in [0.5, 0.6) is 0 Å². The van der Waals surface area contributed by atoms with Gasteiger partial charge < -0.3 is 5.73 Å². The second-order valence-corrected chi connectivity index (χ2v) is 6.58. The smallest absolute Gasteiger partial charge is 0.202 e. The Hall–Kier alpha value is -1.88. The van der Waals surface area contributed by atoms with Gasteiger partial charge in [-0.15, -0.1) is 11.3 Å². The second-order valence-electron chi connectivity index (χ2n) is 5.21. The highest BCUT2D eigenvalue weighted by Gasteiger charge is 2.17. The topological polar surface area (TPSA) is 56.7 Å². The van der Waals surface area contributed by atoms with Crippen LogP contribution in [0.1, 0.15) is 28.3 Å². The first kappa shape index (κ1) is 13.1. The van der Waals surface area contributed by atoms with E-state index in [1.54, 1.807) is 0 Å². The number of pyridine rings is 1. The van der Waals surface area contributed by atoms with E-state index < -0.39 is 0 Å². The van der Waals surface area contributed by atoms with Crippen LogP contribution in [-0.4, -0.2) is 14.5 Å². The van der Waals surface area contributed by atoms with Crippen LogP contribution in [0.2, 0.25) is 0 Å². The van der Waals surface area contributed by atoms with Gasteiger partial charge in [-0.25, -0.2) is 9.97 Å². The number of nitrogens with two attached hydrogens (primary N) is 1. The summed E-state index contributed by atoms with van der Waals surface area (Å²) < 4.78 is 2.04. The fraction of sp³-hybridized carbons (Fsp3) is 0.333. The Morgan fingerprint density at radius 3 is 2.80 bits per heavy atom. The highest BCUT2D eigenvalue weighted by atomic mass is 32.1. The molecule has 4 nitrogen and oxygen atoms in total. The Kier molecular flexibility index (Phi) is 3.22. The van der Waals surface area contributed by atoms with Crippen LogP contribution < -0.4 is 5.73 Å². The van der Waals surface area contributed by atoms with Gasteiger partial charge in [0.25, 0.3) is 0 Å². The minimum Gasteiger partial charge on any atom is -0.369 e. The molecule has 0 aliphatic rings. The third-order valence-corrected chi connectivity index (χ3v) is 4.56. The second kappa shape index (κ2) is 4.90. The molecule has 5 heteroatoms. The summed E-state index contributed by atoms with van der Waals surface area (Å²) in [7, 11) is 0. The molecule has 104 valence electrons. The van der Waals surface area contributed by atoms with Crippen molar-refractivity contribution in [3.05, 3.63) is 39.7 Å². The third-order valence-electron chi connectivity index (χ3n) is 3.54. The third kappa shape index (κ3) is 2.18. The molecule has 0 radical (unpaired) electrons. The Morgan fingerprint density at radius 1 is 1.30 bits per heavy atom. The van der Waals surface area contributed by atoms with Gasteiger partial charge in [-0.3, -0.25) is 4.57 Å². The summed E-state index contributed by atoms with van der Waals surface area (Å²) in [6.07, 6.45) is 2.76. The van der Waals surface area contributed by atoms with Gasteiger partial charge in [0.1, 0.15) is 5.52 Å². The average molecular weight is 286 g/mol. The van der Waals surface area contributed by atoms with E-state index in [0.717, 1.165) is 23.1 Å². The van der Waals surface area contributed by atoms with Crippen molar-refractivity contribution in [1.82, 2.24) is 14.5 Å². The monoisotopic (exact) mass is 286 g/mol. The van der Waals surface area contributed by atoms with Gasteiger partial charge in [0.15, 0.2) is 5.65 Å². The summed E-state index contributed by atoms with van der Waals surface area (Å²) in [5.74, 6) is 0.544. The maximum Gasteiger partial charge on any atom is 0.202 e. The van der Waals surface area contributed by atoms with E-state index in [4.69, 9.17) is 5.73 Å². The molecular weight excluding hydrogens is 268 g/mol. The number of aryl methyl sites for hydroxylation is 2. The van der Waals surface area contributed by atoms with Crippen molar-refractivity contribution in [3.8, 4) is 0 Å². The molecule has 0 fully saturated rings. The van der Waals surface area contributed by atoms with Gasteiger partial charge in [-0.1, -0.05) is 0 Å². The van der Waals surface area contributed by atoms with Crippen LogP contribution in [0.4, 0.5) is 5.95 Å². The van der Waals surface area contributed by atoms with Crippen LogP contribution in [0.25, 0.3) is 11.2 Å². The Morgan fingerprint density at radius 2 is 2.10 bits per heavy atom. The van der Waals surface area contributed by atoms with E-state index in [9.17, 15) is 0 Å². The molecular formula is C15H18N4S. The number of nitrogen functional groups attached to an aromatic ring is 1.